The van der Waals surface area contributed by atoms with Crippen molar-refractivity contribution in [3.8, 4) is 0 Å². The van der Waals surface area contributed by atoms with Gasteiger partial charge < -0.3 is 5.32 Å². The van der Waals surface area contributed by atoms with Crippen LogP contribution in [0.1, 0.15) is 25.5 Å². The van der Waals surface area contributed by atoms with Gasteiger partial charge in [0.2, 0.25) is 0 Å². The Bertz CT molecular complexity index is 544. The van der Waals surface area contributed by atoms with E-state index in [0.717, 1.165) is 28.5 Å². The Kier molecular flexibility index (Phi) is 2.46. The van der Waals surface area contributed by atoms with E-state index in [1.165, 1.54) is 12.8 Å². The number of para-hydroxylation sites is 2. The van der Waals surface area contributed by atoms with Crippen LogP contribution in [0.2, 0.25) is 0 Å². The molecular weight excluding hydrogens is 210 g/mol. The fourth-order valence-corrected chi connectivity index (χ4v) is 2.44. The Morgan fingerprint density at radius 3 is 2.41 bits per heavy atom. The average molecular weight is 227 g/mol. The van der Waals surface area contributed by atoms with Crippen LogP contribution in [-0.4, -0.2) is 16.0 Å². The molecule has 88 valence electrons. The third kappa shape index (κ3) is 1.97. The maximum atomic E-state index is 4.65. The molecule has 0 bridgehead atoms. The number of fused-ring (bicyclic) bond motifs is 1. The van der Waals surface area contributed by atoms with E-state index in [9.17, 15) is 0 Å². The van der Waals surface area contributed by atoms with Crippen LogP contribution < -0.4 is 5.32 Å². The van der Waals surface area contributed by atoms with E-state index in [1.54, 1.807) is 0 Å². The largest absolute Gasteiger partial charge is 0.366 e. The number of hydrogen-bond acceptors (Lipinski definition) is 3. The number of hydrogen-bond donors (Lipinski definition) is 1. The molecule has 2 aromatic rings. The van der Waals surface area contributed by atoms with Gasteiger partial charge in [0, 0.05) is 6.04 Å². The number of aryl methyl sites for hydroxylation is 1. The zero-order valence-corrected chi connectivity index (χ0v) is 10.3. The molecule has 0 aliphatic heterocycles. The van der Waals surface area contributed by atoms with Crippen molar-refractivity contribution in [2.75, 3.05) is 5.32 Å². The topological polar surface area (TPSA) is 37.8 Å². The van der Waals surface area contributed by atoms with Gasteiger partial charge in [-0.3, -0.25) is 0 Å². The molecule has 0 saturated heterocycles. The van der Waals surface area contributed by atoms with Gasteiger partial charge in [0.25, 0.3) is 0 Å². The molecule has 17 heavy (non-hydrogen) atoms. The van der Waals surface area contributed by atoms with Gasteiger partial charge in [-0.05, 0) is 37.8 Å². The van der Waals surface area contributed by atoms with E-state index in [2.05, 4.69) is 22.2 Å². The third-order valence-electron chi connectivity index (χ3n) is 3.46. The highest BCUT2D eigenvalue weighted by atomic mass is 15.1. The van der Waals surface area contributed by atoms with Crippen LogP contribution in [0.4, 0.5) is 5.82 Å². The van der Waals surface area contributed by atoms with Crippen molar-refractivity contribution in [1.82, 2.24) is 9.97 Å². The summed E-state index contributed by atoms with van der Waals surface area (Å²) in [6.07, 6.45) is 2.49. The lowest BCUT2D eigenvalue weighted by molar-refractivity contribution is 0.308. The lowest BCUT2D eigenvalue weighted by Gasteiger charge is -2.33. The number of anilines is 1. The van der Waals surface area contributed by atoms with Gasteiger partial charge in [-0.2, -0.15) is 0 Å². The van der Waals surface area contributed by atoms with Crippen LogP contribution in [0, 0.1) is 12.8 Å². The molecule has 1 N–H and O–H groups in total. The molecule has 0 spiro atoms. The second-order valence-corrected chi connectivity index (χ2v) is 5.06. The van der Waals surface area contributed by atoms with Crippen LogP contribution in [0.3, 0.4) is 0 Å². The Labute approximate surface area is 101 Å². The molecule has 0 unspecified atom stereocenters. The molecule has 3 heteroatoms. The van der Waals surface area contributed by atoms with Crippen LogP contribution in [0.25, 0.3) is 11.0 Å². The van der Waals surface area contributed by atoms with Gasteiger partial charge in [0.05, 0.1) is 16.7 Å². The summed E-state index contributed by atoms with van der Waals surface area (Å²) in [6.45, 7) is 4.31. The van der Waals surface area contributed by atoms with Gasteiger partial charge in [0.15, 0.2) is 0 Å². The smallest absolute Gasteiger partial charge is 0.148 e. The van der Waals surface area contributed by atoms with Crippen LogP contribution >= 0.6 is 0 Å². The molecule has 1 aliphatic rings. The Hall–Kier alpha value is -1.64. The highest BCUT2D eigenvalue weighted by Crippen LogP contribution is 2.29. The van der Waals surface area contributed by atoms with E-state index >= 15 is 0 Å². The minimum Gasteiger partial charge on any atom is -0.366 e. The highest BCUT2D eigenvalue weighted by Gasteiger charge is 2.25. The van der Waals surface area contributed by atoms with Crippen LogP contribution in [-0.2, 0) is 0 Å². The predicted molar refractivity (Wildman–Crippen MR) is 70.1 cm³/mol. The van der Waals surface area contributed by atoms with Crippen molar-refractivity contribution in [3.63, 3.8) is 0 Å². The van der Waals surface area contributed by atoms with E-state index in [0.29, 0.717) is 6.04 Å². The fourth-order valence-electron chi connectivity index (χ4n) is 2.44. The maximum Gasteiger partial charge on any atom is 0.148 e. The Morgan fingerprint density at radius 2 is 1.76 bits per heavy atom. The molecule has 1 aliphatic carbocycles. The summed E-state index contributed by atoms with van der Waals surface area (Å²) in [5.74, 6) is 1.79. The quantitative estimate of drug-likeness (QED) is 0.856. The van der Waals surface area contributed by atoms with Gasteiger partial charge >= 0.3 is 0 Å². The molecule has 0 amide bonds. The zero-order chi connectivity index (χ0) is 11.8. The zero-order valence-electron chi connectivity index (χ0n) is 10.3. The van der Waals surface area contributed by atoms with Gasteiger partial charge in [-0.15, -0.1) is 0 Å². The maximum absolute atomic E-state index is 4.65. The molecular formula is C14H17N3. The normalized spacial score (nSPS) is 23.4. The summed E-state index contributed by atoms with van der Waals surface area (Å²) in [6, 6.07) is 8.60. The molecule has 1 aromatic carbocycles. The standard InChI is InChI=1S/C14H17N3/c1-9-7-11(8-9)16-14-10(2)15-12-5-3-4-6-13(12)17-14/h3-6,9,11H,7-8H2,1-2H3,(H,16,17). The first-order valence-corrected chi connectivity index (χ1v) is 6.22. The molecule has 3 nitrogen and oxygen atoms in total. The number of benzene rings is 1. The van der Waals surface area contributed by atoms with E-state index < -0.39 is 0 Å². The second kappa shape index (κ2) is 3.99. The fraction of sp³-hybridized carbons (Fsp3) is 0.429. The van der Waals surface area contributed by atoms with Crippen molar-refractivity contribution in [1.29, 1.82) is 0 Å². The van der Waals surface area contributed by atoms with Crippen molar-refractivity contribution in [2.45, 2.75) is 32.7 Å². The van der Waals surface area contributed by atoms with Crippen molar-refractivity contribution in [2.24, 2.45) is 5.92 Å². The SMILES string of the molecule is Cc1nc2ccccc2nc1NC1CC(C)C1. The Balaban J connectivity index is 1.90. The number of aromatic nitrogens is 2. The lowest BCUT2D eigenvalue weighted by Crippen LogP contribution is -2.34. The van der Waals surface area contributed by atoms with Gasteiger partial charge in [-0.25, -0.2) is 9.97 Å². The predicted octanol–water partition coefficient (Wildman–Crippen LogP) is 3.15. The number of rotatable bonds is 2. The summed E-state index contributed by atoms with van der Waals surface area (Å²) in [7, 11) is 0. The minimum absolute atomic E-state index is 0.583. The molecule has 1 saturated carbocycles. The first-order chi connectivity index (χ1) is 8.22. The average Bonchev–Trinajstić information content (AvgIpc) is 2.28. The van der Waals surface area contributed by atoms with Crippen molar-refractivity contribution >= 4 is 16.9 Å². The van der Waals surface area contributed by atoms with E-state index in [4.69, 9.17) is 0 Å². The summed E-state index contributed by atoms with van der Waals surface area (Å²) >= 11 is 0. The van der Waals surface area contributed by atoms with E-state index in [1.807, 2.05) is 31.2 Å². The molecule has 0 radical (unpaired) electrons. The van der Waals surface area contributed by atoms with E-state index in [-0.39, 0.29) is 0 Å². The van der Waals surface area contributed by atoms with Crippen LogP contribution in [0.5, 0.6) is 0 Å². The van der Waals surface area contributed by atoms with Crippen molar-refractivity contribution < 1.29 is 0 Å². The number of nitrogens with one attached hydrogen (secondary N) is 1. The Morgan fingerprint density at radius 1 is 1.12 bits per heavy atom. The summed E-state index contributed by atoms with van der Waals surface area (Å²) < 4.78 is 0. The summed E-state index contributed by atoms with van der Waals surface area (Å²) in [4.78, 5) is 9.23. The summed E-state index contributed by atoms with van der Waals surface area (Å²) in [5, 5.41) is 3.50. The monoisotopic (exact) mass is 227 g/mol. The molecule has 1 heterocycles. The minimum atomic E-state index is 0.583. The third-order valence-corrected chi connectivity index (χ3v) is 3.46. The number of nitrogens with zero attached hydrogens (tertiary/aromatic N) is 2. The molecule has 1 fully saturated rings. The highest BCUT2D eigenvalue weighted by molar-refractivity contribution is 5.76. The van der Waals surface area contributed by atoms with Crippen molar-refractivity contribution in [3.05, 3.63) is 30.0 Å². The first-order valence-electron chi connectivity index (χ1n) is 6.22. The molecule has 3 rings (SSSR count). The first kappa shape index (κ1) is 10.5. The summed E-state index contributed by atoms with van der Waals surface area (Å²) in [5.41, 5.74) is 2.92. The van der Waals surface area contributed by atoms with Gasteiger partial charge in [-0.1, -0.05) is 19.1 Å². The molecule has 0 atom stereocenters. The lowest BCUT2D eigenvalue weighted by atomic mass is 9.82. The van der Waals surface area contributed by atoms with Crippen LogP contribution in [0.15, 0.2) is 24.3 Å². The molecule has 1 aromatic heterocycles. The second-order valence-electron chi connectivity index (χ2n) is 5.06. The van der Waals surface area contributed by atoms with Gasteiger partial charge in [0.1, 0.15) is 5.82 Å².